The molecule has 1 unspecified atom stereocenters. The van der Waals surface area contributed by atoms with Gasteiger partial charge in [-0.3, -0.25) is 14.6 Å². The van der Waals surface area contributed by atoms with E-state index in [0.717, 1.165) is 44.5 Å². The Morgan fingerprint density at radius 1 is 0.941 bits per heavy atom. The molecule has 34 heavy (non-hydrogen) atoms. The van der Waals surface area contributed by atoms with Crippen LogP contribution in [0.15, 0.2) is 54.9 Å². The van der Waals surface area contributed by atoms with E-state index in [1.165, 1.54) is 12.0 Å². The van der Waals surface area contributed by atoms with Gasteiger partial charge in [0.05, 0.1) is 19.6 Å². The molecule has 4 rings (SSSR count). The molecule has 7 heteroatoms. The third-order valence-electron chi connectivity index (χ3n) is 6.63. The molecule has 1 atom stereocenters. The average Bonchev–Trinajstić information content (AvgIpc) is 2.89. The van der Waals surface area contributed by atoms with Crippen LogP contribution in [0.4, 0.5) is 0 Å². The van der Waals surface area contributed by atoms with E-state index in [4.69, 9.17) is 9.47 Å². The molecule has 0 radical (unpaired) electrons. The minimum absolute atomic E-state index is 0.0864. The fraction of sp³-hybridized carbons (Fsp3) is 0.519. The molecule has 1 aromatic heterocycles. The summed E-state index contributed by atoms with van der Waals surface area (Å²) in [6, 6.07) is 13.5. The summed E-state index contributed by atoms with van der Waals surface area (Å²) in [5.41, 5.74) is 0.339. The molecule has 2 aromatic rings. The highest BCUT2D eigenvalue weighted by Crippen LogP contribution is 2.27. The second-order valence-electron chi connectivity index (χ2n) is 9.28. The first-order valence-corrected chi connectivity index (χ1v) is 12.4. The number of morpholine rings is 1. The number of piperidine rings is 1. The lowest BCUT2D eigenvalue weighted by molar-refractivity contribution is -0.166. The maximum atomic E-state index is 13.2. The first-order chi connectivity index (χ1) is 16.6. The topological polar surface area (TPSA) is 72.0 Å². The lowest BCUT2D eigenvalue weighted by Gasteiger charge is -2.43. The standard InChI is InChI=1S/C27H35N3O4/c31-25(11-7-8-23-12-14-28-15-13-23)30-18-19-34-27(21-30,22-33-24-9-3-1-4-10-24)20-26(32)29-16-5-2-6-17-29/h1,3-4,9-10,12-15H,2,5-8,11,16-22H2. The van der Waals surface area contributed by atoms with Crippen LogP contribution in [-0.2, 0) is 20.7 Å². The van der Waals surface area contributed by atoms with Gasteiger partial charge in [-0.2, -0.15) is 0 Å². The fourth-order valence-corrected chi connectivity index (χ4v) is 4.72. The van der Waals surface area contributed by atoms with Crippen molar-refractivity contribution in [3.8, 4) is 5.75 Å². The quantitative estimate of drug-likeness (QED) is 0.567. The number of ether oxygens (including phenoxy) is 2. The highest BCUT2D eigenvalue weighted by molar-refractivity contribution is 5.79. The molecule has 2 aliphatic heterocycles. The van der Waals surface area contributed by atoms with Gasteiger partial charge in [-0.25, -0.2) is 0 Å². The van der Waals surface area contributed by atoms with Crippen LogP contribution in [0.5, 0.6) is 5.75 Å². The van der Waals surface area contributed by atoms with Crippen LogP contribution in [0.25, 0.3) is 0 Å². The molecule has 0 spiro atoms. The summed E-state index contributed by atoms with van der Waals surface area (Å²) in [6.45, 7) is 3.14. The van der Waals surface area contributed by atoms with Crippen molar-refractivity contribution in [1.29, 1.82) is 0 Å². The van der Waals surface area contributed by atoms with Crippen molar-refractivity contribution in [3.05, 3.63) is 60.4 Å². The number of amides is 2. The Bertz CT molecular complexity index is 918. The number of aromatic nitrogens is 1. The number of hydrogen-bond acceptors (Lipinski definition) is 5. The van der Waals surface area contributed by atoms with Gasteiger partial charge in [0, 0.05) is 38.4 Å². The SMILES string of the molecule is O=C(CC1(COc2ccccc2)CN(C(=O)CCCc2ccncc2)CCO1)N1CCCCC1. The number of aryl methyl sites for hydroxylation is 1. The summed E-state index contributed by atoms with van der Waals surface area (Å²) >= 11 is 0. The summed E-state index contributed by atoms with van der Waals surface area (Å²) in [4.78, 5) is 34.1. The Balaban J connectivity index is 1.39. The van der Waals surface area contributed by atoms with Crippen molar-refractivity contribution in [3.63, 3.8) is 0 Å². The Morgan fingerprint density at radius 2 is 1.71 bits per heavy atom. The maximum absolute atomic E-state index is 13.2. The number of rotatable bonds is 9. The van der Waals surface area contributed by atoms with E-state index in [2.05, 4.69) is 4.98 Å². The molecule has 0 aliphatic carbocycles. The van der Waals surface area contributed by atoms with Crippen molar-refractivity contribution < 1.29 is 19.1 Å². The molecule has 3 heterocycles. The van der Waals surface area contributed by atoms with Gasteiger partial charge in [-0.15, -0.1) is 0 Å². The van der Waals surface area contributed by atoms with Crippen LogP contribution in [0, 0.1) is 0 Å². The molecule has 2 saturated heterocycles. The van der Waals surface area contributed by atoms with Gasteiger partial charge in [-0.05, 0) is 61.9 Å². The zero-order chi connectivity index (χ0) is 23.6. The van der Waals surface area contributed by atoms with Crippen molar-refractivity contribution >= 4 is 11.8 Å². The fourth-order valence-electron chi connectivity index (χ4n) is 4.72. The van der Waals surface area contributed by atoms with Gasteiger partial charge in [0.1, 0.15) is 18.0 Å². The molecule has 1 aromatic carbocycles. The van der Waals surface area contributed by atoms with Crippen LogP contribution in [0.1, 0.15) is 44.1 Å². The van der Waals surface area contributed by atoms with Gasteiger partial charge < -0.3 is 19.3 Å². The maximum Gasteiger partial charge on any atom is 0.225 e. The second kappa shape index (κ2) is 12.0. The highest BCUT2D eigenvalue weighted by atomic mass is 16.5. The predicted octanol–water partition coefficient (Wildman–Crippen LogP) is 3.48. The van der Waals surface area contributed by atoms with Crippen molar-refractivity contribution in [1.82, 2.24) is 14.8 Å². The summed E-state index contributed by atoms with van der Waals surface area (Å²) in [6.07, 6.45) is 9.13. The minimum atomic E-state index is -0.844. The Morgan fingerprint density at radius 3 is 2.47 bits per heavy atom. The number of para-hydroxylation sites is 1. The molecule has 0 saturated carbocycles. The zero-order valence-electron chi connectivity index (χ0n) is 19.9. The zero-order valence-corrected chi connectivity index (χ0v) is 19.9. The van der Waals surface area contributed by atoms with Gasteiger partial charge in [0.2, 0.25) is 11.8 Å². The highest BCUT2D eigenvalue weighted by Gasteiger charge is 2.42. The molecule has 2 amide bonds. The molecular formula is C27H35N3O4. The van der Waals surface area contributed by atoms with E-state index in [0.29, 0.717) is 26.1 Å². The summed E-state index contributed by atoms with van der Waals surface area (Å²) in [5.74, 6) is 0.923. The first kappa shape index (κ1) is 24.2. The first-order valence-electron chi connectivity index (χ1n) is 12.4. The largest absolute Gasteiger partial charge is 0.490 e. The number of carbonyl (C=O) groups is 2. The van der Waals surface area contributed by atoms with E-state index < -0.39 is 5.60 Å². The number of carbonyl (C=O) groups excluding carboxylic acids is 2. The molecule has 0 bridgehead atoms. The normalized spacial score (nSPS) is 20.7. The van der Waals surface area contributed by atoms with Gasteiger partial charge in [-0.1, -0.05) is 18.2 Å². The number of pyridine rings is 1. The van der Waals surface area contributed by atoms with E-state index in [1.54, 1.807) is 12.4 Å². The van der Waals surface area contributed by atoms with E-state index in [9.17, 15) is 9.59 Å². The molecule has 0 N–H and O–H groups in total. The Labute approximate surface area is 202 Å². The number of hydrogen-bond donors (Lipinski definition) is 0. The summed E-state index contributed by atoms with van der Waals surface area (Å²) < 4.78 is 12.3. The van der Waals surface area contributed by atoms with E-state index in [1.807, 2.05) is 52.3 Å². The van der Waals surface area contributed by atoms with Crippen LogP contribution in [0.2, 0.25) is 0 Å². The van der Waals surface area contributed by atoms with Crippen molar-refractivity contribution in [2.75, 3.05) is 39.4 Å². The van der Waals surface area contributed by atoms with E-state index >= 15 is 0 Å². The smallest absolute Gasteiger partial charge is 0.225 e. The van der Waals surface area contributed by atoms with Crippen LogP contribution in [0.3, 0.4) is 0 Å². The van der Waals surface area contributed by atoms with Gasteiger partial charge >= 0.3 is 0 Å². The number of benzene rings is 1. The lowest BCUT2D eigenvalue weighted by Crippen LogP contribution is -2.58. The number of nitrogens with zero attached hydrogens (tertiary/aromatic N) is 3. The minimum Gasteiger partial charge on any atom is -0.490 e. The third kappa shape index (κ3) is 6.79. The van der Waals surface area contributed by atoms with Crippen LogP contribution < -0.4 is 4.74 Å². The summed E-state index contributed by atoms with van der Waals surface area (Å²) in [5, 5.41) is 0. The monoisotopic (exact) mass is 465 g/mol. The lowest BCUT2D eigenvalue weighted by atomic mass is 9.95. The average molecular weight is 466 g/mol. The van der Waals surface area contributed by atoms with Gasteiger partial charge in [0.25, 0.3) is 0 Å². The van der Waals surface area contributed by atoms with E-state index in [-0.39, 0.29) is 24.8 Å². The Hall–Kier alpha value is -2.93. The molecule has 2 fully saturated rings. The van der Waals surface area contributed by atoms with Crippen LogP contribution in [-0.4, -0.2) is 71.6 Å². The predicted molar refractivity (Wildman–Crippen MR) is 129 cm³/mol. The molecule has 182 valence electrons. The second-order valence-corrected chi connectivity index (χ2v) is 9.28. The summed E-state index contributed by atoms with van der Waals surface area (Å²) in [7, 11) is 0. The van der Waals surface area contributed by atoms with Crippen molar-refractivity contribution in [2.24, 2.45) is 0 Å². The third-order valence-corrected chi connectivity index (χ3v) is 6.63. The number of likely N-dealkylation sites (tertiary alicyclic amines) is 1. The molecule has 2 aliphatic rings. The molecular weight excluding hydrogens is 430 g/mol. The molecule has 7 nitrogen and oxygen atoms in total. The van der Waals surface area contributed by atoms with Gasteiger partial charge in [0.15, 0.2) is 0 Å². The Kier molecular flexibility index (Phi) is 8.52. The van der Waals surface area contributed by atoms with Crippen molar-refractivity contribution in [2.45, 2.75) is 50.5 Å². The van der Waals surface area contributed by atoms with Crippen LogP contribution >= 0.6 is 0 Å².